The Bertz CT molecular complexity index is 1360. The monoisotopic (exact) mass is 734 g/mol. The molecular weight excluding hydrogens is 672 g/mol. The van der Waals surface area contributed by atoms with Crippen molar-refractivity contribution in [3.8, 4) is 0 Å². The maximum absolute atomic E-state index is 13.7. The topological polar surface area (TPSA) is 167 Å². The van der Waals surface area contributed by atoms with Crippen molar-refractivity contribution in [2.24, 2.45) is 35.5 Å². The van der Waals surface area contributed by atoms with E-state index < -0.39 is 72.2 Å². The molecule has 2 rings (SSSR count). The maximum Gasteiger partial charge on any atom is 0.373 e. The van der Waals surface area contributed by atoms with Gasteiger partial charge in [-0.3, -0.25) is 0 Å². The molecule has 1 saturated heterocycles. The Morgan fingerprint density at radius 3 is 2.25 bits per heavy atom. The Labute approximate surface area is 309 Å². The van der Waals surface area contributed by atoms with Gasteiger partial charge in [0, 0.05) is 56.5 Å². The molecule has 52 heavy (non-hydrogen) atoms. The van der Waals surface area contributed by atoms with Crippen molar-refractivity contribution in [3.05, 3.63) is 59.4 Å². The van der Waals surface area contributed by atoms with Gasteiger partial charge in [-0.05, 0) is 38.2 Å². The molecule has 12 heteroatoms. The Morgan fingerprint density at radius 1 is 1.04 bits per heavy atom. The third-order valence-corrected chi connectivity index (χ3v) is 10.4. The van der Waals surface area contributed by atoms with Gasteiger partial charge in [0.1, 0.15) is 18.3 Å². The number of cyclic esters (lactones) is 1. The predicted molar refractivity (Wildman–Crippen MR) is 196 cm³/mol. The number of carbonyl (C=O) groups is 3. The maximum atomic E-state index is 13.7. The van der Waals surface area contributed by atoms with Gasteiger partial charge in [-0.25, -0.2) is 14.4 Å². The van der Waals surface area contributed by atoms with E-state index in [2.05, 4.69) is 0 Å². The molecule has 0 bridgehead atoms. The van der Waals surface area contributed by atoms with Crippen molar-refractivity contribution in [1.29, 1.82) is 0 Å². The molecule has 1 fully saturated rings. The second-order valence-corrected chi connectivity index (χ2v) is 14.8. The highest BCUT2D eigenvalue weighted by Crippen LogP contribution is 2.44. The Morgan fingerprint density at radius 2 is 1.69 bits per heavy atom. The quantitative estimate of drug-likeness (QED) is 0.180. The average Bonchev–Trinajstić information content (AvgIpc) is 3.09. The molecule has 2 aliphatic rings. The highest BCUT2D eigenvalue weighted by molar-refractivity contribution is 5.90. The molecule has 0 aromatic heterocycles. The smallest absolute Gasteiger partial charge is 0.373 e. The molecule has 2 heterocycles. The molecule has 294 valence electrons. The summed E-state index contributed by atoms with van der Waals surface area (Å²) < 4.78 is 35.9. The molecule has 0 amide bonds. The lowest BCUT2D eigenvalue weighted by molar-refractivity contribution is -0.339. The van der Waals surface area contributed by atoms with Gasteiger partial charge >= 0.3 is 17.9 Å². The van der Waals surface area contributed by atoms with Crippen molar-refractivity contribution >= 4 is 17.9 Å². The van der Waals surface area contributed by atoms with Gasteiger partial charge in [-0.15, -0.1) is 0 Å². The number of hydrogen-bond donors (Lipinski definition) is 3. The van der Waals surface area contributed by atoms with Crippen LogP contribution in [0, 0.1) is 35.5 Å². The number of carboxylic acids is 1. The zero-order valence-electron chi connectivity index (χ0n) is 32.9. The SMILES string of the molecule is CO/C1=C\C(C)=C\[C@@H](C)[C@@H](O)[C@@H](C)C/C(C)=C/C=C/[C@H](OC)[C@@H]([C@@H](C)[C@@H](O)[C@H](C)[C@@]2(OC)C[C@@H](OC(=O)/C=C/C(=O)O)[C@H](C)[C@@H](C(C)C)O2)OC1=O. The summed E-state index contributed by atoms with van der Waals surface area (Å²) in [4.78, 5) is 37.3. The molecule has 0 aromatic rings. The summed E-state index contributed by atoms with van der Waals surface area (Å²) in [6, 6.07) is 0. The Balaban J connectivity index is 2.59. The first-order chi connectivity index (χ1) is 24.3. The molecule has 0 unspecified atom stereocenters. The molecule has 0 saturated carbocycles. The summed E-state index contributed by atoms with van der Waals surface area (Å²) in [5, 5.41) is 32.1. The number of hydrogen-bond acceptors (Lipinski definition) is 11. The van der Waals surface area contributed by atoms with Crippen molar-refractivity contribution in [1.82, 2.24) is 0 Å². The van der Waals surface area contributed by atoms with Gasteiger partial charge in [0.2, 0.25) is 5.76 Å². The zero-order valence-corrected chi connectivity index (χ0v) is 32.9. The van der Waals surface area contributed by atoms with E-state index in [0.717, 1.165) is 11.6 Å². The van der Waals surface area contributed by atoms with Crippen molar-refractivity contribution in [3.63, 3.8) is 0 Å². The molecular formula is C40H62O12. The normalized spacial score (nSPS) is 36.6. The van der Waals surface area contributed by atoms with Crippen LogP contribution in [0.1, 0.15) is 75.2 Å². The summed E-state index contributed by atoms with van der Waals surface area (Å²) in [5.74, 6) is -6.48. The number of aliphatic hydroxyl groups is 2. The van der Waals surface area contributed by atoms with E-state index in [1.165, 1.54) is 21.3 Å². The van der Waals surface area contributed by atoms with Crippen LogP contribution in [0.3, 0.4) is 0 Å². The van der Waals surface area contributed by atoms with Gasteiger partial charge in [0.25, 0.3) is 0 Å². The van der Waals surface area contributed by atoms with E-state index in [4.69, 9.17) is 33.5 Å². The zero-order chi connectivity index (χ0) is 39.5. The van der Waals surface area contributed by atoms with Crippen LogP contribution < -0.4 is 0 Å². The van der Waals surface area contributed by atoms with Crippen LogP contribution in [-0.4, -0.2) is 97.0 Å². The number of allylic oxidation sites excluding steroid dienone is 5. The standard InChI is InChI=1S/C40H62O12/c1-22(2)37-27(7)32(50-34(43)17-16-33(41)42)21-40(49-12,52-37)29(9)36(45)28(8)38-30(47-10)15-13-14-23(3)18-25(5)35(44)26(6)19-24(4)20-31(48-11)39(46)51-38/h13-17,19-20,22,25-30,32,35-38,44-45H,18,21H2,1-12H3,(H,41,42)/b15-13+,17-16+,23-14+,24-19+,31-20-/t25-,26+,27-,28-,29-,30-,32+,35-,36+,37+,38+,40+/m0/s1. The van der Waals surface area contributed by atoms with Crippen molar-refractivity contribution in [2.45, 2.75) is 118 Å². The van der Waals surface area contributed by atoms with Crippen LogP contribution in [0.4, 0.5) is 0 Å². The van der Waals surface area contributed by atoms with Crippen molar-refractivity contribution in [2.75, 3.05) is 21.3 Å². The van der Waals surface area contributed by atoms with Gasteiger partial charge < -0.3 is 43.7 Å². The highest BCUT2D eigenvalue weighted by Gasteiger charge is 2.54. The van der Waals surface area contributed by atoms with Gasteiger partial charge in [-0.1, -0.05) is 83.9 Å². The van der Waals surface area contributed by atoms with Gasteiger partial charge in [0.05, 0.1) is 25.4 Å². The summed E-state index contributed by atoms with van der Waals surface area (Å²) in [7, 11) is 4.31. The number of methoxy groups -OCH3 is 3. The molecule has 0 aliphatic carbocycles. The van der Waals surface area contributed by atoms with Crippen LogP contribution in [0.25, 0.3) is 0 Å². The average molecular weight is 735 g/mol. The fourth-order valence-corrected chi connectivity index (χ4v) is 7.30. The van der Waals surface area contributed by atoms with Crippen LogP contribution in [0.15, 0.2) is 59.4 Å². The summed E-state index contributed by atoms with van der Waals surface area (Å²) in [6.07, 6.45) is 6.35. The predicted octanol–water partition coefficient (Wildman–Crippen LogP) is 5.54. The van der Waals surface area contributed by atoms with E-state index in [1.807, 2.05) is 66.7 Å². The minimum absolute atomic E-state index is 0.0345. The van der Waals surface area contributed by atoms with Crippen molar-refractivity contribution < 1.29 is 58.1 Å². The summed E-state index contributed by atoms with van der Waals surface area (Å²) in [5.41, 5.74) is 1.74. The van der Waals surface area contributed by atoms with Crippen LogP contribution in [0.2, 0.25) is 0 Å². The molecule has 2 aliphatic heterocycles. The molecule has 0 radical (unpaired) electrons. The molecule has 3 N–H and O–H groups in total. The second kappa shape index (κ2) is 20.2. The van der Waals surface area contributed by atoms with Crippen LogP contribution in [0.5, 0.6) is 0 Å². The van der Waals surface area contributed by atoms with Gasteiger partial charge in [0.15, 0.2) is 5.79 Å². The van der Waals surface area contributed by atoms with Crippen LogP contribution >= 0.6 is 0 Å². The summed E-state index contributed by atoms with van der Waals surface area (Å²) in [6.45, 7) is 17.0. The number of aliphatic carboxylic acids is 1. The largest absolute Gasteiger partial charge is 0.490 e. The molecule has 12 nitrogen and oxygen atoms in total. The van der Waals surface area contributed by atoms with Gasteiger partial charge in [-0.2, -0.15) is 0 Å². The lowest BCUT2D eigenvalue weighted by atomic mass is 9.76. The number of ether oxygens (including phenoxy) is 6. The molecule has 12 atom stereocenters. The first kappa shape index (κ1) is 44.9. The Kier molecular flexibility index (Phi) is 17.5. The van der Waals surface area contributed by atoms with Crippen LogP contribution in [-0.2, 0) is 42.8 Å². The molecule has 0 spiro atoms. The number of rotatable bonds is 11. The minimum atomic E-state index is -1.45. The number of esters is 2. The van der Waals surface area contributed by atoms with E-state index in [1.54, 1.807) is 26.0 Å². The van der Waals surface area contributed by atoms with E-state index in [-0.39, 0.29) is 35.9 Å². The first-order valence-electron chi connectivity index (χ1n) is 18.0. The number of carboxylic acid groups (broad SMARTS) is 1. The van der Waals surface area contributed by atoms with E-state index >= 15 is 0 Å². The number of aliphatic hydroxyl groups excluding tert-OH is 2. The second-order valence-electron chi connectivity index (χ2n) is 14.8. The minimum Gasteiger partial charge on any atom is -0.490 e. The lowest BCUT2D eigenvalue weighted by Crippen LogP contribution is -2.60. The fraction of sp³-hybridized carbons (Fsp3) is 0.675. The number of carbonyl (C=O) groups excluding carboxylic acids is 2. The third kappa shape index (κ3) is 11.9. The lowest BCUT2D eigenvalue weighted by Gasteiger charge is -2.51. The third-order valence-electron chi connectivity index (χ3n) is 10.4. The highest BCUT2D eigenvalue weighted by atomic mass is 16.7. The first-order valence-corrected chi connectivity index (χ1v) is 18.0. The van der Waals surface area contributed by atoms with E-state index in [9.17, 15) is 24.6 Å². The Hall–Kier alpha value is -3.29. The van der Waals surface area contributed by atoms with E-state index in [0.29, 0.717) is 18.1 Å². The fourth-order valence-electron chi connectivity index (χ4n) is 7.30. The molecule has 0 aromatic carbocycles. The summed E-state index contributed by atoms with van der Waals surface area (Å²) >= 11 is 0.